The van der Waals surface area contributed by atoms with E-state index in [2.05, 4.69) is 10.3 Å². The molecule has 1 aromatic carbocycles. The predicted molar refractivity (Wildman–Crippen MR) is 113 cm³/mol. The van der Waals surface area contributed by atoms with Crippen molar-refractivity contribution in [3.05, 3.63) is 58.9 Å². The van der Waals surface area contributed by atoms with Crippen LogP contribution in [0, 0.1) is 24.5 Å². The van der Waals surface area contributed by atoms with E-state index in [9.17, 15) is 33.1 Å². The number of rotatable bonds is 5. The highest BCUT2D eigenvalue weighted by atomic mass is 19.1. The van der Waals surface area contributed by atoms with Crippen molar-refractivity contribution in [1.82, 2.24) is 10.3 Å². The number of esters is 3. The molecule has 0 spiro atoms. The number of hydrogen-bond acceptors (Lipinski definition) is 9. The number of nitrogens with zero attached hydrogens (tertiary/aromatic N) is 1. The number of aryl methyl sites for hydroxylation is 1. The van der Waals surface area contributed by atoms with Gasteiger partial charge in [-0.15, -0.1) is 0 Å². The molecule has 12 heteroatoms. The Labute approximate surface area is 198 Å². The van der Waals surface area contributed by atoms with Gasteiger partial charge in [0.05, 0.1) is 24.2 Å². The van der Waals surface area contributed by atoms with Crippen LogP contribution in [-0.2, 0) is 19.1 Å². The van der Waals surface area contributed by atoms with Crippen molar-refractivity contribution in [3.8, 4) is 5.75 Å². The van der Waals surface area contributed by atoms with Crippen LogP contribution in [0.15, 0.2) is 30.5 Å². The first-order valence-corrected chi connectivity index (χ1v) is 10.5. The number of aliphatic hydroxyl groups is 1. The molecule has 0 bridgehead atoms. The van der Waals surface area contributed by atoms with Crippen LogP contribution >= 0.6 is 0 Å². The summed E-state index contributed by atoms with van der Waals surface area (Å²) in [6.07, 6.45) is 0.528. The molecule has 3 atom stereocenters. The number of aromatic nitrogens is 1. The number of ether oxygens (including phenoxy) is 3. The van der Waals surface area contributed by atoms with Gasteiger partial charge >= 0.3 is 17.9 Å². The maximum atomic E-state index is 14.0. The smallest absolute Gasteiger partial charge is 0.346 e. The molecule has 1 fully saturated rings. The van der Waals surface area contributed by atoms with E-state index in [1.54, 1.807) is 0 Å². The van der Waals surface area contributed by atoms with Gasteiger partial charge in [-0.05, 0) is 44.0 Å². The van der Waals surface area contributed by atoms with Gasteiger partial charge in [-0.1, -0.05) is 0 Å². The van der Waals surface area contributed by atoms with Crippen molar-refractivity contribution >= 4 is 23.8 Å². The molecular formula is C23H22F2N2O8. The number of benzene rings is 1. The topological polar surface area (TPSA) is 141 Å². The van der Waals surface area contributed by atoms with E-state index in [1.807, 2.05) is 0 Å². The molecule has 2 N–H and O–H groups in total. The largest absolute Gasteiger partial charge is 0.463 e. The molecule has 1 amide bonds. The van der Waals surface area contributed by atoms with E-state index in [0.717, 1.165) is 12.1 Å². The molecule has 0 aliphatic carbocycles. The molecule has 0 saturated carbocycles. The number of aliphatic hydroxyl groups excluding tert-OH is 1. The fourth-order valence-electron chi connectivity index (χ4n) is 3.29. The summed E-state index contributed by atoms with van der Waals surface area (Å²) < 4.78 is 42.6. The molecule has 10 nitrogen and oxygen atoms in total. The number of pyridine rings is 1. The van der Waals surface area contributed by atoms with Crippen molar-refractivity contribution in [2.75, 3.05) is 13.2 Å². The second-order valence-corrected chi connectivity index (χ2v) is 7.84. The summed E-state index contributed by atoms with van der Waals surface area (Å²) in [6, 6.07) is 2.27. The maximum absolute atomic E-state index is 14.0. The standard InChI is InChI=1S/C23H22F2N2O8/c1-11-5-6-26-18(19(11)35-22(31)15-4-3-14(24)8-16(15)25)20(29)27-17-10-33-21(30)13(9-28)7-12(2)34-23(17)32/h3-6,8,12-13,17,28H,7,9-10H2,1-2H3,(H,27,29)/t12-,13?,17?/m0/s1. The normalized spacial score (nSPS) is 20.5. The van der Waals surface area contributed by atoms with E-state index in [4.69, 9.17) is 14.2 Å². The molecule has 2 unspecified atom stereocenters. The van der Waals surface area contributed by atoms with Gasteiger partial charge in [0, 0.05) is 12.3 Å². The average molecular weight is 492 g/mol. The van der Waals surface area contributed by atoms with Crippen molar-refractivity contribution in [2.45, 2.75) is 32.4 Å². The Bertz CT molecular complexity index is 1160. The summed E-state index contributed by atoms with van der Waals surface area (Å²) in [6.45, 7) is 1.93. The zero-order valence-electron chi connectivity index (χ0n) is 18.7. The number of hydrogen-bond donors (Lipinski definition) is 2. The van der Waals surface area contributed by atoms with Gasteiger partial charge in [0.25, 0.3) is 5.91 Å². The van der Waals surface area contributed by atoms with E-state index in [-0.39, 0.29) is 17.7 Å². The quantitative estimate of drug-likeness (QED) is 0.594. The van der Waals surface area contributed by atoms with Crippen LogP contribution in [0.1, 0.15) is 39.8 Å². The molecule has 1 aromatic heterocycles. The van der Waals surface area contributed by atoms with Crippen LogP contribution < -0.4 is 10.1 Å². The third-order valence-electron chi connectivity index (χ3n) is 5.13. The third-order valence-corrected chi connectivity index (χ3v) is 5.13. The highest BCUT2D eigenvalue weighted by Crippen LogP contribution is 2.24. The number of carbonyl (C=O) groups excluding carboxylic acids is 4. The fourth-order valence-corrected chi connectivity index (χ4v) is 3.29. The Morgan fingerprint density at radius 3 is 2.66 bits per heavy atom. The van der Waals surface area contributed by atoms with Gasteiger partial charge in [-0.2, -0.15) is 0 Å². The summed E-state index contributed by atoms with van der Waals surface area (Å²) >= 11 is 0. The van der Waals surface area contributed by atoms with Gasteiger partial charge in [0.1, 0.15) is 18.2 Å². The van der Waals surface area contributed by atoms with Crippen LogP contribution in [0.25, 0.3) is 0 Å². The van der Waals surface area contributed by atoms with Crippen molar-refractivity contribution < 1.29 is 47.3 Å². The lowest BCUT2D eigenvalue weighted by molar-refractivity contribution is -0.152. The van der Waals surface area contributed by atoms with Crippen LogP contribution in [0.5, 0.6) is 5.75 Å². The van der Waals surface area contributed by atoms with Crippen molar-refractivity contribution in [2.24, 2.45) is 5.92 Å². The summed E-state index contributed by atoms with van der Waals surface area (Å²) in [4.78, 5) is 53.9. The van der Waals surface area contributed by atoms with Gasteiger partial charge in [0.15, 0.2) is 17.5 Å². The number of nitrogens with one attached hydrogen (secondary N) is 1. The van der Waals surface area contributed by atoms with E-state index in [1.165, 1.54) is 26.1 Å². The SMILES string of the molecule is Cc1ccnc(C(=O)NC2COC(=O)C(CO)C[C@H](C)OC2=O)c1OC(=O)c1ccc(F)cc1F. The predicted octanol–water partition coefficient (Wildman–Crippen LogP) is 1.47. The summed E-state index contributed by atoms with van der Waals surface area (Å²) in [5.74, 6) is -7.10. The molecular weight excluding hydrogens is 470 g/mol. The zero-order valence-corrected chi connectivity index (χ0v) is 18.7. The molecule has 186 valence electrons. The van der Waals surface area contributed by atoms with Crippen molar-refractivity contribution in [3.63, 3.8) is 0 Å². The Hall–Kier alpha value is -3.93. The highest BCUT2D eigenvalue weighted by Gasteiger charge is 2.33. The Balaban J connectivity index is 1.83. The third kappa shape index (κ3) is 6.15. The molecule has 2 heterocycles. The van der Waals surface area contributed by atoms with E-state index in [0.29, 0.717) is 6.07 Å². The lowest BCUT2D eigenvalue weighted by Gasteiger charge is -2.19. The van der Waals surface area contributed by atoms with Crippen LogP contribution in [-0.4, -0.2) is 59.3 Å². The Kier molecular flexibility index (Phi) is 8.07. The minimum absolute atomic E-state index is 0.0290. The molecule has 1 aliphatic rings. The highest BCUT2D eigenvalue weighted by molar-refractivity contribution is 5.99. The maximum Gasteiger partial charge on any atom is 0.346 e. The molecule has 0 radical (unpaired) electrons. The second kappa shape index (κ2) is 11.0. The van der Waals surface area contributed by atoms with Crippen LogP contribution in [0.3, 0.4) is 0 Å². The lowest BCUT2D eigenvalue weighted by atomic mass is 10.0. The number of halogens is 2. The average Bonchev–Trinajstić information content (AvgIpc) is 2.84. The summed E-state index contributed by atoms with van der Waals surface area (Å²) in [5.41, 5.74) is -0.703. The minimum Gasteiger partial charge on any atom is -0.463 e. The molecule has 1 saturated heterocycles. The van der Waals surface area contributed by atoms with Gasteiger partial charge in [-0.3, -0.25) is 9.59 Å². The molecule has 1 aliphatic heterocycles. The Morgan fingerprint density at radius 2 is 1.97 bits per heavy atom. The minimum atomic E-state index is -1.42. The van der Waals surface area contributed by atoms with Crippen LogP contribution in [0.4, 0.5) is 8.78 Å². The second-order valence-electron chi connectivity index (χ2n) is 7.84. The molecule has 3 rings (SSSR count). The summed E-state index contributed by atoms with van der Waals surface area (Å²) in [5, 5.41) is 11.7. The van der Waals surface area contributed by atoms with E-state index < -0.39 is 78.0 Å². The van der Waals surface area contributed by atoms with E-state index >= 15 is 0 Å². The summed E-state index contributed by atoms with van der Waals surface area (Å²) in [7, 11) is 0. The number of amides is 1. The first-order valence-electron chi connectivity index (χ1n) is 10.5. The Morgan fingerprint density at radius 1 is 1.23 bits per heavy atom. The molecule has 35 heavy (non-hydrogen) atoms. The van der Waals surface area contributed by atoms with Crippen LogP contribution in [0.2, 0.25) is 0 Å². The molecule has 2 aromatic rings. The zero-order chi connectivity index (χ0) is 25.7. The first-order chi connectivity index (χ1) is 16.6. The monoisotopic (exact) mass is 492 g/mol. The lowest BCUT2D eigenvalue weighted by Crippen LogP contribution is -2.46. The van der Waals surface area contributed by atoms with Crippen molar-refractivity contribution in [1.29, 1.82) is 0 Å². The van der Waals surface area contributed by atoms with Gasteiger partial charge in [-0.25, -0.2) is 23.4 Å². The number of carbonyl (C=O) groups is 4. The first kappa shape index (κ1) is 25.7. The number of cyclic esters (lactones) is 2. The van der Waals surface area contributed by atoms with Gasteiger partial charge in [0.2, 0.25) is 0 Å². The van der Waals surface area contributed by atoms with Gasteiger partial charge < -0.3 is 24.6 Å². The fraction of sp³-hybridized carbons (Fsp3) is 0.348.